The summed E-state index contributed by atoms with van der Waals surface area (Å²) in [6.45, 7) is 8.18. The summed E-state index contributed by atoms with van der Waals surface area (Å²) in [5, 5.41) is 0. The van der Waals surface area contributed by atoms with Crippen molar-refractivity contribution in [3.63, 3.8) is 0 Å². The number of carbonyl (C=O) groups excluding carboxylic acids is 3. The highest BCUT2D eigenvalue weighted by atomic mass is 19.4. The molecule has 15 heteroatoms. The molecular formula is C31H38F6N4O5. The standard InChI is InChI=1S/C25H25F6N3O4.C6H13NO/c1-2-8-34(21-13-32(22(36)14-33(21)16-35)12-17-6-4-3-5-7-17)23(37)38-15-18-9-19(24(26,27)28)11-20(10-18)25(29,30)31;1-2-7-3-5-8-6-4-7/h3-7,9-11,16,21H,2,8,12-15H2,1H3;2-6H2,1H3. The van der Waals surface area contributed by atoms with Crippen molar-refractivity contribution in [2.45, 2.75) is 51.9 Å². The molecule has 1 unspecified atom stereocenters. The van der Waals surface area contributed by atoms with Crippen molar-refractivity contribution in [1.82, 2.24) is 19.6 Å². The molecule has 2 saturated heterocycles. The number of hydrogen-bond donors (Lipinski definition) is 0. The van der Waals surface area contributed by atoms with Crippen molar-refractivity contribution in [2.75, 3.05) is 52.5 Å². The quantitative estimate of drug-likeness (QED) is 0.271. The average Bonchev–Trinajstić information content (AvgIpc) is 3.03. The highest BCUT2D eigenvalue weighted by Crippen LogP contribution is 2.36. The molecule has 0 radical (unpaired) electrons. The van der Waals surface area contributed by atoms with Crippen LogP contribution in [-0.4, -0.2) is 96.7 Å². The Bertz CT molecular complexity index is 1260. The minimum Gasteiger partial charge on any atom is -0.444 e. The lowest BCUT2D eigenvalue weighted by Gasteiger charge is -2.43. The molecule has 2 heterocycles. The molecule has 9 nitrogen and oxygen atoms in total. The molecule has 2 aromatic rings. The normalized spacial score (nSPS) is 17.7. The number of ether oxygens (including phenoxy) is 2. The summed E-state index contributed by atoms with van der Waals surface area (Å²) in [5.74, 6) is -0.356. The third kappa shape index (κ3) is 10.6. The summed E-state index contributed by atoms with van der Waals surface area (Å²) in [7, 11) is 0. The van der Waals surface area contributed by atoms with Gasteiger partial charge in [0.2, 0.25) is 12.3 Å². The Balaban J connectivity index is 0.000000625. The van der Waals surface area contributed by atoms with E-state index in [1.54, 1.807) is 37.3 Å². The number of nitrogens with zero attached hydrogens (tertiary/aromatic N) is 4. The van der Waals surface area contributed by atoms with E-state index in [1.165, 1.54) is 11.4 Å². The molecule has 3 amide bonds. The molecule has 4 rings (SSSR count). The van der Waals surface area contributed by atoms with Crippen molar-refractivity contribution in [2.24, 2.45) is 0 Å². The fourth-order valence-electron chi connectivity index (χ4n) is 4.96. The first kappa shape index (κ1) is 36.6. The number of carbonyl (C=O) groups is 3. The van der Waals surface area contributed by atoms with Crippen LogP contribution in [0.4, 0.5) is 31.1 Å². The van der Waals surface area contributed by atoms with E-state index >= 15 is 0 Å². The minimum atomic E-state index is -5.05. The van der Waals surface area contributed by atoms with E-state index in [1.807, 2.05) is 0 Å². The second-order valence-electron chi connectivity index (χ2n) is 10.7. The SMILES string of the molecule is CCCN(C(=O)OCc1cc(C(F)(F)F)cc(C(F)(F)F)c1)C1CN(Cc2ccccc2)C(=O)CN1C=O.CCN1CCOCC1. The maximum atomic E-state index is 13.2. The predicted molar refractivity (Wildman–Crippen MR) is 155 cm³/mol. The Kier molecular flexibility index (Phi) is 13.2. The van der Waals surface area contributed by atoms with Crippen molar-refractivity contribution in [3.05, 3.63) is 70.8 Å². The second kappa shape index (κ2) is 16.6. The van der Waals surface area contributed by atoms with E-state index in [-0.39, 0.29) is 38.2 Å². The van der Waals surface area contributed by atoms with Crippen molar-refractivity contribution >= 4 is 18.4 Å². The van der Waals surface area contributed by atoms with Crippen LogP contribution in [0.1, 0.15) is 42.5 Å². The zero-order valence-corrected chi connectivity index (χ0v) is 25.6. The molecule has 0 spiro atoms. The van der Waals surface area contributed by atoms with Crippen LogP contribution >= 0.6 is 0 Å². The van der Waals surface area contributed by atoms with E-state index in [9.17, 15) is 40.7 Å². The van der Waals surface area contributed by atoms with Gasteiger partial charge in [-0.05, 0) is 42.3 Å². The maximum Gasteiger partial charge on any atom is 0.416 e. The van der Waals surface area contributed by atoms with Crippen molar-refractivity contribution in [1.29, 1.82) is 0 Å². The largest absolute Gasteiger partial charge is 0.444 e. The molecule has 0 aromatic heterocycles. The lowest BCUT2D eigenvalue weighted by molar-refractivity contribution is -0.149. The molecule has 0 aliphatic carbocycles. The zero-order chi connectivity index (χ0) is 33.9. The van der Waals surface area contributed by atoms with E-state index in [4.69, 9.17) is 9.47 Å². The number of likely N-dealkylation sites (N-methyl/N-ethyl adjacent to an activating group) is 1. The predicted octanol–water partition coefficient (Wildman–Crippen LogP) is 5.24. The van der Waals surface area contributed by atoms with Gasteiger partial charge in [0, 0.05) is 26.2 Å². The summed E-state index contributed by atoms with van der Waals surface area (Å²) in [6, 6.07) is 9.93. The van der Waals surface area contributed by atoms with Crippen LogP contribution in [0.2, 0.25) is 0 Å². The van der Waals surface area contributed by atoms with Gasteiger partial charge in [-0.3, -0.25) is 19.4 Å². The van der Waals surface area contributed by atoms with Gasteiger partial charge in [0.1, 0.15) is 19.3 Å². The summed E-state index contributed by atoms with van der Waals surface area (Å²) in [5.41, 5.74) is -2.75. The molecule has 46 heavy (non-hydrogen) atoms. The van der Waals surface area contributed by atoms with Crippen LogP contribution in [0.3, 0.4) is 0 Å². The number of amides is 3. The lowest BCUT2D eigenvalue weighted by atomic mass is 10.1. The number of piperazine rings is 1. The molecule has 0 saturated carbocycles. The van der Waals surface area contributed by atoms with Gasteiger partial charge in [0.25, 0.3) is 0 Å². The number of morpholine rings is 1. The molecule has 0 N–H and O–H groups in total. The van der Waals surface area contributed by atoms with E-state index in [0.717, 1.165) is 41.7 Å². The van der Waals surface area contributed by atoms with Gasteiger partial charge in [-0.1, -0.05) is 44.2 Å². The van der Waals surface area contributed by atoms with Crippen LogP contribution in [0, 0.1) is 0 Å². The molecule has 2 aliphatic rings. The second-order valence-corrected chi connectivity index (χ2v) is 10.7. The first-order valence-electron chi connectivity index (χ1n) is 14.8. The number of rotatable bonds is 9. The van der Waals surface area contributed by atoms with E-state index in [2.05, 4.69) is 11.8 Å². The summed E-state index contributed by atoms with van der Waals surface area (Å²) >= 11 is 0. The van der Waals surface area contributed by atoms with Crippen LogP contribution < -0.4 is 0 Å². The Morgan fingerprint density at radius 2 is 1.59 bits per heavy atom. The number of alkyl halides is 6. The molecule has 2 aliphatic heterocycles. The highest BCUT2D eigenvalue weighted by molar-refractivity contribution is 5.82. The Hall–Kier alpha value is -3.85. The van der Waals surface area contributed by atoms with Gasteiger partial charge in [-0.2, -0.15) is 26.3 Å². The van der Waals surface area contributed by atoms with E-state index in [0.29, 0.717) is 25.0 Å². The molecule has 254 valence electrons. The van der Waals surface area contributed by atoms with Gasteiger partial charge in [-0.15, -0.1) is 0 Å². The third-order valence-corrected chi connectivity index (χ3v) is 7.41. The van der Waals surface area contributed by atoms with Crippen LogP contribution in [0.5, 0.6) is 0 Å². The zero-order valence-electron chi connectivity index (χ0n) is 25.6. The summed E-state index contributed by atoms with van der Waals surface area (Å²) < 4.78 is 89.2. The maximum absolute atomic E-state index is 13.2. The molecule has 2 fully saturated rings. The topological polar surface area (TPSA) is 82.6 Å². The number of benzene rings is 2. The van der Waals surface area contributed by atoms with Crippen LogP contribution in [0.15, 0.2) is 48.5 Å². The average molecular weight is 661 g/mol. The van der Waals surface area contributed by atoms with Gasteiger partial charge in [-0.25, -0.2) is 4.79 Å². The van der Waals surface area contributed by atoms with Gasteiger partial charge in [0.05, 0.1) is 30.9 Å². The monoisotopic (exact) mass is 660 g/mol. The lowest BCUT2D eigenvalue weighted by Crippen LogP contribution is -2.62. The van der Waals surface area contributed by atoms with Gasteiger partial charge < -0.3 is 19.3 Å². The Morgan fingerprint density at radius 1 is 0.978 bits per heavy atom. The summed E-state index contributed by atoms with van der Waals surface area (Å²) in [4.78, 5) is 43.4. The smallest absolute Gasteiger partial charge is 0.416 e. The van der Waals surface area contributed by atoms with Crippen molar-refractivity contribution in [3.8, 4) is 0 Å². The first-order valence-corrected chi connectivity index (χ1v) is 14.8. The molecular weight excluding hydrogens is 622 g/mol. The fourth-order valence-corrected chi connectivity index (χ4v) is 4.96. The van der Waals surface area contributed by atoms with Crippen molar-refractivity contribution < 1.29 is 50.2 Å². The Labute approximate surface area is 263 Å². The first-order chi connectivity index (χ1) is 21.8. The highest BCUT2D eigenvalue weighted by Gasteiger charge is 2.39. The van der Waals surface area contributed by atoms with Crippen LogP contribution in [-0.2, 0) is 44.6 Å². The molecule has 2 aromatic carbocycles. The van der Waals surface area contributed by atoms with Crippen LogP contribution in [0.25, 0.3) is 0 Å². The van der Waals surface area contributed by atoms with Gasteiger partial charge >= 0.3 is 18.4 Å². The number of hydrogen-bond acceptors (Lipinski definition) is 6. The molecule has 1 atom stereocenters. The molecule has 0 bridgehead atoms. The van der Waals surface area contributed by atoms with Gasteiger partial charge in [0.15, 0.2) is 0 Å². The Morgan fingerprint density at radius 3 is 2.09 bits per heavy atom. The third-order valence-electron chi connectivity index (χ3n) is 7.41. The summed E-state index contributed by atoms with van der Waals surface area (Å²) in [6.07, 6.45) is -11.3. The fraction of sp³-hybridized carbons (Fsp3) is 0.516. The minimum absolute atomic E-state index is 0.0168. The number of halogens is 6. The van der Waals surface area contributed by atoms with E-state index < -0.39 is 47.9 Å².